The molecule has 7 nitrogen and oxygen atoms in total. The minimum absolute atomic E-state index is 0.0823. The van der Waals surface area contributed by atoms with Crippen LogP contribution in [-0.4, -0.2) is 39.6 Å². The van der Waals surface area contributed by atoms with Crippen molar-refractivity contribution < 1.29 is 19.4 Å². The molecule has 1 aromatic heterocycles. The van der Waals surface area contributed by atoms with Gasteiger partial charge in [-0.05, 0) is 62.1 Å². The molecule has 0 unspecified atom stereocenters. The Morgan fingerprint density at radius 2 is 1.90 bits per heavy atom. The largest absolute Gasteiger partial charge is 0.481 e. The molecule has 1 N–H and O–H groups in total. The SMILES string of the molecule is C[C@H]1COc2ncnc(Cl)c2C(=O)N1c1ccc([C@H]2CC[C@H](CC(=O)O)CC2)cc1. The molecule has 0 spiro atoms. The Hall–Kier alpha value is -2.67. The van der Waals surface area contributed by atoms with Gasteiger partial charge in [-0.25, -0.2) is 9.97 Å². The number of carboxylic acids is 1. The zero-order chi connectivity index (χ0) is 21.3. The number of rotatable bonds is 4. The fourth-order valence-corrected chi connectivity index (χ4v) is 4.66. The summed E-state index contributed by atoms with van der Waals surface area (Å²) in [6, 6.07) is 7.84. The molecule has 8 heteroatoms. The molecule has 1 fully saturated rings. The molecule has 158 valence electrons. The van der Waals surface area contributed by atoms with Crippen LogP contribution < -0.4 is 9.64 Å². The number of aliphatic carboxylic acids is 1. The molecule has 1 aliphatic carbocycles. The maximum Gasteiger partial charge on any atom is 0.303 e. The molecule has 1 aromatic carbocycles. The Balaban J connectivity index is 1.52. The van der Waals surface area contributed by atoms with Crippen LogP contribution >= 0.6 is 11.6 Å². The highest BCUT2D eigenvalue weighted by molar-refractivity contribution is 6.33. The summed E-state index contributed by atoms with van der Waals surface area (Å²) in [6.45, 7) is 2.23. The molecule has 2 heterocycles. The second kappa shape index (κ2) is 8.60. The van der Waals surface area contributed by atoms with Crippen molar-refractivity contribution in [3.8, 4) is 5.88 Å². The highest BCUT2D eigenvalue weighted by Gasteiger charge is 2.33. The van der Waals surface area contributed by atoms with Crippen LogP contribution in [0, 0.1) is 5.92 Å². The molecule has 1 saturated carbocycles. The third kappa shape index (κ3) is 4.12. The Morgan fingerprint density at radius 3 is 2.57 bits per heavy atom. The highest BCUT2D eigenvalue weighted by Crippen LogP contribution is 2.38. The van der Waals surface area contributed by atoms with Crippen molar-refractivity contribution in [2.24, 2.45) is 5.92 Å². The number of halogens is 1. The summed E-state index contributed by atoms with van der Waals surface area (Å²) < 4.78 is 5.68. The lowest BCUT2D eigenvalue weighted by Gasteiger charge is -2.29. The van der Waals surface area contributed by atoms with Gasteiger partial charge in [0.25, 0.3) is 5.91 Å². The first-order chi connectivity index (χ1) is 14.4. The molecule has 0 saturated heterocycles. The maximum atomic E-state index is 13.2. The number of benzene rings is 1. The van der Waals surface area contributed by atoms with E-state index in [-0.39, 0.29) is 40.9 Å². The molecule has 4 rings (SSSR count). The van der Waals surface area contributed by atoms with E-state index in [2.05, 4.69) is 22.1 Å². The molecule has 0 radical (unpaired) electrons. The van der Waals surface area contributed by atoms with Gasteiger partial charge in [0.1, 0.15) is 23.7 Å². The van der Waals surface area contributed by atoms with Crippen LogP contribution in [0.5, 0.6) is 5.88 Å². The number of carbonyl (C=O) groups is 2. The number of amides is 1. The first-order valence-corrected chi connectivity index (χ1v) is 10.6. The number of nitrogens with zero attached hydrogens (tertiary/aromatic N) is 3. The van der Waals surface area contributed by atoms with Crippen LogP contribution in [0.1, 0.15) is 60.9 Å². The van der Waals surface area contributed by atoms with Crippen LogP contribution in [0.2, 0.25) is 5.15 Å². The quantitative estimate of drug-likeness (QED) is 0.728. The highest BCUT2D eigenvalue weighted by atomic mass is 35.5. The molecule has 2 aliphatic rings. The monoisotopic (exact) mass is 429 g/mol. The average Bonchev–Trinajstić information content (AvgIpc) is 2.85. The Kier molecular flexibility index (Phi) is 5.90. The predicted octanol–water partition coefficient (Wildman–Crippen LogP) is 4.31. The van der Waals surface area contributed by atoms with Crippen LogP contribution in [0.25, 0.3) is 0 Å². The summed E-state index contributed by atoms with van der Waals surface area (Å²) in [5.41, 5.74) is 2.18. The zero-order valence-corrected chi connectivity index (χ0v) is 17.5. The summed E-state index contributed by atoms with van der Waals surface area (Å²) >= 11 is 6.16. The molecular weight excluding hydrogens is 406 g/mol. The second-order valence-corrected chi connectivity index (χ2v) is 8.44. The topological polar surface area (TPSA) is 92.6 Å². The second-order valence-electron chi connectivity index (χ2n) is 8.09. The van der Waals surface area contributed by atoms with Gasteiger partial charge < -0.3 is 14.7 Å². The number of fused-ring (bicyclic) bond motifs is 1. The minimum atomic E-state index is -0.713. The van der Waals surface area contributed by atoms with Crippen LogP contribution in [-0.2, 0) is 4.79 Å². The van der Waals surface area contributed by atoms with Gasteiger partial charge in [-0.3, -0.25) is 9.59 Å². The first kappa shape index (κ1) is 20.6. The Morgan fingerprint density at radius 1 is 1.20 bits per heavy atom. The van der Waals surface area contributed by atoms with Crippen LogP contribution in [0.15, 0.2) is 30.6 Å². The van der Waals surface area contributed by atoms with Crippen molar-refractivity contribution >= 4 is 29.2 Å². The smallest absolute Gasteiger partial charge is 0.303 e. The average molecular weight is 430 g/mol. The lowest BCUT2D eigenvalue weighted by Crippen LogP contribution is -2.40. The fraction of sp³-hybridized carbons (Fsp3) is 0.455. The zero-order valence-electron chi connectivity index (χ0n) is 16.8. The fourth-order valence-electron chi connectivity index (χ4n) is 4.46. The minimum Gasteiger partial charge on any atom is -0.481 e. The number of hydrogen-bond acceptors (Lipinski definition) is 5. The molecule has 0 bridgehead atoms. The van der Waals surface area contributed by atoms with Crippen molar-refractivity contribution in [3.05, 3.63) is 46.9 Å². The third-order valence-corrected chi connectivity index (χ3v) is 6.34. The van der Waals surface area contributed by atoms with E-state index >= 15 is 0 Å². The number of carboxylic acid groups (broad SMARTS) is 1. The third-order valence-electron chi connectivity index (χ3n) is 6.05. The van der Waals surface area contributed by atoms with Crippen LogP contribution in [0.4, 0.5) is 5.69 Å². The van der Waals surface area contributed by atoms with Crippen molar-refractivity contribution in [2.75, 3.05) is 11.5 Å². The van der Waals surface area contributed by atoms with Gasteiger partial charge >= 0.3 is 5.97 Å². The van der Waals surface area contributed by atoms with Gasteiger partial charge in [0.15, 0.2) is 0 Å². The molecule has 2 aromatic rings. The maximum absolute atomic E-state index is 13.2. The number of hydrogen-bond donors (Lipinski definition) is 1. The van der Waals surface area contributed by atoms with E-state index in [9.17, 15) is 9.59 Å². The number of aromatic nitrogens is 2. The van der Waals surface area contributed by atoms with Crippen molar-refractivity contribution in [3.63, 3.8) is 0 Å². The Labute approximate surface area is 180 Å². The van der Waals surface area contributed by atoms with Gasteiger partial charge in [-0.1, -0.05) is 23.7 Å². The van der Waals surface area contributed by atoms with Gasteiger partial charge in [-0.2, -0.15) is 0 Å². The normalized spacial score (nSPS) is 24.0. The van der Waals surface area contributed by atoms with E-state index in [0.29, 0.717) is 12.5 Å². The van der Waals surface area contributed by atoms with Crippen LogP contribution in [0.3, 0.4) is 0 Å². The Bertz CT molecular complexity index is 942. The molecule has 1 atom stereocenters. The summed E-state index contributed by atoms with van der Waals surface area (Å²) in [5.74, 6) is -0.0735. The van der Waals surface area contributed by atoms with E-state index in [1.54, 1.807) is 4.90 Å². The molecular formula is C22H24ClN3O4. The van der Waals surface area contributed by atoms with E-state index < -0.39 is 5.97 Å². The summed E-state index contributed by atoms with van der Waals surface area (Å²) in [7, 11) is 0. The van der Waals surface area contributed by atoms with Gasteiger partial charge in [0, 0.05) is 12.1 Å². The number of ether oxygens (including phenoxy) is 1. The van der Waals surface area contributed by atoms with Crippen molar-refractivity contribution in [1.29, 1.82) is 0 Å². The van der Waals surface area contributed by atoms with Gasteiger partial charge in [-0.15, -0.1) is 0 Å². The first-order valence-electron chi connectivity index (χ1n) is 10.2. The van der Waals surface area contributed by atoms with Gasteiger partial charge in [0.05, 0.1) is 6.04 Å². The van der Waals surface area contributed by atoms with Crippen molar-refractivity contribution in [1.82, 2.24) is 9.97 Å². The summed E-state index contributed by atoms with van der Waals surface area (Å²) in [5, 5.41) is 9.07. The lowest BCUT2D eigenvalue weighted by atomic mass is 9.77. The number of anilines is 1. The summed E-state index contributed by atoms with van der Waals surface area (Å²) in [6.07, 6.45) is 5.40. The van der Waals surface area contributed by atoms with E-state index in [1.807, 2.05) is 19.1 Å². The number of carbonyl (C=O) groups excluding carboxylic acids is 1. The van der Waals surface area contributed by atoms with Gasteiger partial charge in [0.2, 0.25) is 5.88 Å². The van der Waals surface area contributed by atoms with E-state index in [4.69, 9.17) is 21.4 Å². The van der Waals surface area contributed by atoms with E-state index in [1.165, 1.54) is 11.9 Å². The lowest BCUT2D eigenvalue weighted by molar-refractivity contribution is -0.138. The van der Waals surface area contributed by atoms with E-state index in [0.717, 1.165) is 31.4 Å². The molecule has 30 heavy (non-hydrogen) atoms. The van der Waals surface area contributed by atoms with Crippen molar-refractivity contribution in [2.45, 2.75) is 51.0 Å². The summed E-state index contributed by atoms with van der Waals surface area (Å²) in [4.78, 5) is 33.8. The standard InChI is InChI=1S/C22H24ClN3O4/c1-13-11-30-21-19(20(23)24-12-25-21)22(29)26(13)17-8-6-16(7-9-17)15-4-2-14(3-5-15)10-18(27)28/h6-9,12-15H,2-5,10-11H2,1H3,(H,27,28)/t13-,14-,15-/m0/s1. The predicted molar refractivity (Wildman–Crippen MR) is 112 cm³/mol. The molecule has 1 aliphatic heterocycles. The molecule has 1 amide bonds.